The van der Waals surface area contributed by atoms with E-state index in [0.29, 0.717) is 6.42 Å². The Morgan fingerprint density at radius 2 is 1.71 bits per heavy atom. The fourth-order valence-electron chi connectivity index (χ4n) is 2.34. The van der Waals surface area contributed by atoms with Crippen LogP contribution in [-0.2, 0) is 6.42 Å². The van der Waals surface area contributed by atoms with E-state index in [9.17, 15) is 4.79 Å². The second-order valence-electron chi connectivity index (χ2n) is 4.91. The molecular formula is C18H12BrIO. The molecule has 0 fully saturated rings. The molecule has 3 rings (SSSR count). The van der Waals surface area contributed by atoms with Gasteiger partial charge in [-0.05, 0) is 57.1 Å². The van der Waals surface area contributed by atoms with Gasteiger partial charge in [-0.3, -0.25) is 4.79 Å². The largest absolute Gasteiger partial charge is 0.294 e. The van der Waals surface area contributed by atoms with Gasteiger partial charge in [-0.25, -0.2) is 0 Å². The third kappa shape index (κ3) is 3.35. The molecule has 0 aliphatic heterocycles. The van der Waals surface area contributed by atoms with Gasteiger partial charge in [0, 0.05) is 20.0 Å². The average Bonchev–Trinajstić information content (AvgIpc) is 2.49. The van der Waals surface area contributed by atoms with Gasteiger partial charge in [-0.15, -0.1) is 0 Å². The Morgan fingerprint density at radius 1 is 0.952 bits per heavy atom. The van der Waals surface area contributed by atoms with Crippen LogP contribution in [0.1, 0.15) is 15.9 Å². The van der Waals surface area contributed by atoms with Crippen LogP contribution >= 0.6 is 38.5 Å². The molecule has 0 atom stereocenters. The Hall–Kier alpha value is -1.20. The summed E-state index contributed by atoms with van der Waals surface area (Å²) in [6.45, 7) is 0. The number of carbonyl (C=O) groups is 1. The maximum absolute atomic E-state index is 12.5. The molecular weight excluding hydrogens is 439 g/mol. The second-order valence-corrected chi connectivity index (χ2v) is 7.01. The first-order valence-corrected chi connectivity index (χ1v) is 8.46. The van der Waals surface area contributed by atoms with Crippen molar-refractivity contribution in [3.05, 3.63) is 79.8 Å². The summed E-state index contributed by atoms with van der Waals surface area (Å²) in [7, 11) is 0. The van der Waals surface area contributed by atoms with Gasteiger partial charge in [0.25, 0.3) is 0 Å². The zero-order valence-electron chi connectivity index (χ0n) is 11.1. The summed E-state index contributed by atoms with van der Waals surface area (Å²) in [4.78, 5) is 12.5. The molecule has 0 aliphatic carbocycles. The fraction of sp³-hybridized carbons (Fsp3) is 0.0556. The fourth-order valence-corrected chi connectivity index (χ4v) is 3.30. The third-order valence-electron chi connectivity index (χ3n) is 3.41. The average molecular weight is 451 g/mol. The minimum atomic E-state index is 0.135. The normalized spacial score (nSPS) is 10.8. The van der Waals surface area contributed by atoms with Gasteiger partial charge in [0.2, 0.25) is 0 Å². The van der Waals surface area contributed by atoms with Crippen LogP contribution in [0.5, 0.6) is 0 Å². The number of carbonyl (C=O) groups excluding carboxylic acids is 1. The number of halogens is 2. The molecule has 0 heterocycles. The number of Topliss-reactive ketones (excluding diaryl/α,β-unsaturated/α-hetero) is 1. The van der Waals surface area contributed by atoms with Crippen molar-refractivity contribution < 1.29 is 4.79 Å². The van der Waals surface area contributed by atoms with Gasteiger partial charge >= 0.3 is 0 Å². The summed E-state index contributed by atoms with van der Waals surface area (Å²) in [5, 5.41) is 2.37. The lowest BCUT2D eigenvalue weighted by molar-refractivity contribution is 0.0992. The van der Waals surface area contributed by atoms with Crippen LogP contribution < -0.4 is 0 Å². The lowest BCUT2D eigenvalue weighted by Crippen LogP contribution is -2.05. The Morgan fingerprint density at radius 3 is 2.52 bits per heavy atom. The topological polar surface area (TPSA) is 17.1 Å². The first-order valence-electron chi connectivity index (χ1n) is 6.59. The summed E-state index contributed by atoms with van der Waals surface area (Å²) in [5.41, 5.74) is 1.79. The van der Waals surface area contributed by atoms with Gasteiger partial charge < -0.3 is 0 Å². The molecule has 0 saturated heterocycles. The first kappa shape index (κ1) is 14.7. The number of ketones is 1. The molecule has 0 bridgehead atoms. The maximum atomic E-state index is 12.5. The minimum absolute atomic E-state index is 0.135. The van der Waals surface area contributed by atoms with E-state index in [1.807, 2.05) is 36.4 Å². The van der Waals surface area contributed by atoms with Crippen molar-refractivity contribution >= 4 is 55.1 Å². The molecule has 0 aromatic heterocycles. The standard InChI is InChI=1S/C18H12BrIO/c19-17-8-7-15(20)11-16(17)18(21)10-12-5-6-13-3-1-2-4-14(13)9-12/h1-9,11H,10H2. The van der Waals surface area contributed by atoms with Gasteiger partial charge in [-0.1, -0.05) is 58.4 Å². The van der Waals surface area contributed by atoms with Crippen molar-refractivity contribution in [2.24, 2.45) is 0 Å². The van der Waals surface area contributed by atoms with Crippen molar-refractivity contribution in [2.45, 2.75) is 6.42 Å². The van der Waals surface area contributed by atoms with Gasteiger partial charge in [-0.2, -0.15) is 0 Å². The van der Waals surface area contributed by atoms with E-state index in [4.69, 9.17) is 0 Å². The van der Waals surface area contributed by atoms with E-state index in [-0.39, 0.29) is 5.78 Å². The molecule has 0 spiro atoms. The quantitative estimate of drug-likeness (QED) is 0.373. The zero-order chi connectivity index (χ0) is 14.8. The van der Waals surface area contributed by atoms with Crippen LogP contribution in [0.25, 0.3) is 10.8 Å². The number of rotatable bonds is 3. The Balaban J connectivity index is 1.90. The molecule has 3 aromatic rings. The predicted molar refractivity (Wildman–Crippen MR) is 98.8 cm³/mol. The van der Waals surface area contributed by atoms with Crippen LogP contribution in [0, 0.1) is 3.57 Å². The Bertz CT molecular complexity index is 826. The van der Waals surface area contributed by atoms with Crippen molar-refractivity contribution in [1.29, 1.82) is 0 Å². The molecule has 3 heteroatoms. The lowest BCUT2D eigenvalue weighted by Gasteiger charge is -2.06. The Kier molecular flexibility index (Phi) is 4.40. The summed E-state index contributed by atoms with van der Waals surface area (Å²) < 4.78 is 1.92. The summed E-state index contributed by atoms with van der Waals surface area (Å²) in [6.07, 6.45) is 0.420. The second kappa shape index (κ2) is 6.28. The number of fused-ring (bicyclic) bond motifs is 1. The molecule has 0 amide bonds. The van der Waals surface area contributed by atoms with E-state index in [1.54, 1.807) is 0 Å². The monoisotopic (exact) mass is 450 g/mol. The third-order valence-corrected chi connectivity index (χ3v) is 4.77. The molecule has 3 aromatic carbocycles. The zero-order valence-corrected chi connectivity index (χ0v) is 14.9. The maximum Gasteiger partial charge on any atom is 0.168 e. The first-order chi connectivity index (χ1) is 10.1. The smallest absolute Gasteiger partial charge is 0.168 e. The van der Waals surface area contributed by atoms with Crippen LogP contribution in [-0.4, -0.2) is 5.78 Å². The summed E-state index contributed by atoms with van der Waals surface area (Å²) in [6, 6.07) is 20.2. The van der Waals surface area contributed by atoms with Crippen molar-refractivity contribution in [2.75, 3.05) is 0 Å². The van der Waals surface area contributed by atoms with Gasteiger partial charge in [0.15, 0.2) is 5.78 Å². The molecule has 0 aliphatic rings. The number of hydrogen-bond acceptors (Lipinski definition) is 1. The number of hydrogen-bond donors (Lipinski definition) is 0. The lowest BCUT2D eigenvalue weighted by atomic mass is 10.0. The van der Waals surface area contributed by atoms with E-state index in [0.717, 1.165) is 19.2 Å². The van der Waals surface area contributed by atoms with E-state index >= 15 is 0 Å². The van der Waals surface area contributed by atoms with Crippen LogP contribution in [0.15, 0.2) is 65.1 Å². The molecule has 0 N–H and O–H groups in total. The molecule has 1 nitrogen and oxygen atoms in total. The molecule has 0 saturated carbocycles. The van der Waals surface area contributed by atoms with Crippen LogP contribution in [0.4, 0.5) is 0 Å². The van der Waals surface area contributed by atoms with Gasteiger partial charge in [0.05, 0.1) is 0 Å². The summed E-state index contributed by atoms with van der Waals surface area (Å²) in [5.74, 6) is 0.135. The van der Waals surface area contributed by atoms with Crippen molar-refractivity contribution in [3.8, 4) is 0 Å². The predicted octanol–water partition coefficient (Wildman–Crippen LogP) is 5.63. The van der Waals surface area contributed by atoms with Crippen molar-refractivity contribution in [1.82, 2.24) is 0 Å². The van der Waals surface area contributed by atoms with E-state index < -0.39 is 0 Å². The minimum Gasteiger partial charge on any atom is -0.294 e. The highest BCUT2D eigenvalue weighted by molar-refractivity contribution is 14.1. The van der Waals surface area contributed by atoms with Crippen LogP contribution in [0.2, 0.25) is 0 Å². The molecule has 0 radical (unpaired) electrons. The van der Waals surface area contributed by atoms with Crippen molar-refractivity contribution in [3.63, 3.8) is 0 Å². The number of benzene rings is 3. The molecule has 21 heavy (non-hydrogen) atoms. The van der Waals surface area contributed by atoms with Crippen LogP contribution in [0.3, 0.4) is 0 Å². The Labute approximate surface area is 145 Å². The van der Waals surface area contributed by atoms with E-state index in [1.165, 1.54) is 10.8 Å². The molecule has 104 valence electrons. The van der Waals surface area contributed by atoms with E-state index in [2.05, 4.69) is 62.8 Å². The highest BCUT2D eigenvalue weighted by Crippen LogP contribution is 2.22. The summed E-state index contributed by atoms with van der Waals surface area (Å²) >= 11 is 5.68. The highest BCUT2D eigenvalue weighted by Gasteiger charge is 2.11. The SMILES string of the molecule is O=C(Cc1ccc2ccccc2c1)c1cc(I)ccc1Br. The molecule has 0 unspecified atom stereocenters. The van der Waals surface area contributed by atoms with Gasteiger partial charge in [0.1, 0.15) is 0 Å². The highest BCUT2D eigenvalue weighted by atomic mass is 127.